The number of hydrogen-bond donors (Lipinski definition) is 2. The number of nitrogens with one attached hydrogen (secondary N) is 2. The van der Waals surface area contributed by atoms with Crippen molar-refractivity contribution in [3.05, 3.63) is 35.1 Å². The van der Waals surface area contributed by atoms with Gasteiger partial charge in [0.2, 0.25) is 0 Å². The number of methoxy groups -OCH3 is 1. The van der Waals surface area contributed by atoms with E-state index in [1.807, 2.05) is 12.3 Å². The third-order valence-electron chi connectivity index (χ3n) is 3.84. The summed E-state index contributed by atoms with van der Waals surface area (Å²) in [6.07, 6.45) is 2.09. The van der Waals surface area contributed by atoms with Crippen molar-refractivity contribution in [2.75, 3.05) is 27.0 Å². The highest BCUT2D eigenvalue weighted by atomic mass is 127. The maximum Gasteiger partial charge on any atom is 0.191 e. The van der Waals surface area contributed by atoms with Gasteiger partial charge in [-0.05, 0) is 34.9 Å². The van der Waals surface area contributed by atoms with E-state index in [4.69, 9.17) is 4.74 Å². The van der Waals surface area contributed by atoms with Crippen molar-refractivity contribution in [3.63, 3.8) is 0 Å². The van der Waals surface area contributed by atoms with Crippen molar-refractivity contribution in [1.29, 1.82) is 0 Å². The van der Waals surface area contributed by atoms with Crippen molar-refractivity contribution >= 4 is 41.7 Å². The molecule has 0 fully saturated rings. The second-order valence-corrected chi connectivity index (χ2v) is 7.61. The molecule has 7 heteroatoms. The molecule has 0 bridgehead atoms. The number of rotatable bonds is 7. The molecule has 0 saturated heterocycles. The zero-order valence-corrected chi connectivity index (χ0v) is 19.1. The predicted octanol–water partition coefficient (Wildman–Crippen LogP) is 4.03. The maximum atomic E-state index is 13.4. The van der Waals surface area contributed by atoms with Crippen LogP contribution < -0.4 is 10.6 Å². The molecule has 0 heterocycles. The zero-order chi connectivity index (χ0) is 18.2. The first-order valence-electron chi connectivity index (χ1n) is 8.05. The van der Waals surface area contributed by atoms with Gasteiger partial charge in [-0.2, -0.15) is 11.8 Å². The van der Waals surface area contributed by atoms with Gasteiger partial charge in [-0.25, -0.2) is 4.39 Å². The minimum Gasteiger partial charge on any atom is -0.379 e. The molecule has 1 aromatic rings. The van der Waals surface area contributed by atoms with E-state index in [0.717, 1.165) is 16.9 Å². The van der Waals surface area contributed by atoms with Crippen LogP contribution in [0.2, 0.25) is 0 Å². The fourth-order valence-electron chi connectivity index (χ4n) is 2.39. The molecule has 0 aliphatic carbocycles. The van der Waals surface area contributed by atoms with Gasteiger partial charge in [0.05, 0.1) is 6.10 Å². The Labute approximate surface area is 172 Å². The molecule has 0 radical (unpaired) electrons. The van der Waals surface area contributed by atoms with Crippen LogP contribution in [-0.4, -0.2) is 39.0 Å². The second-order valence-electron chi connectivity index (χ2n) is 6.74. The van der Waals surface area contributed by atoms with Gasteiger partial charge in [0, 0.05) is 33.0 Å². The summed E-state index contributed by atoms with van der Waals surface area (Å²) in [4.78, 5) is 4.24. The Kier molecular flexibility index (Phi) is 11.7. The molecule has 144 valence electrons. The van der Waals surface area contributed by atoms with Crippen molar-refractivity contribution in [2.24, 2.45) is 10.4 Å². The Morgan fingerprint density at radius 3 is 2.48 bits per heavy atom. The number of hydrogen-bond acceptors (Lipinski definition) is 3. The van der Waals surface area contributed by atoms with Gasteiger partial charge in [-0.3, -0.25) is 4.99 Å². The molecular formula is C18H31FIN3OS. The number of halogens is 2. The first-order chi connectivity index (χ1) is 11.3. The molecular weight excluding hydrogens is 452 g/mol. The maximum absolute atomic E-state index is 13.4. The molecule has 0 spiro atoms. The van der Waals surface area contributed by atoms with Gasteiger partial charge in [-0.15, -0.1) is 24.0 Å². The summed E-state index contributed by atoms with van der Waals surface area (Å²) >= 11 is 1.68. The van der Waals surface area contributed by atoms with Gasteiger partial charge in [-0.1, -0.05) is 26.8 Å². The van der Waals surface area contributed by atoms with Gasteiger partial charge in [0.25, 0.3) is 0 Å². The predicted molar refractivity (Wildman–Crippen MR) is 117 cm³/mol. The monoisotopic (exact) mass is 483 g/mol. The summed E-state index contributed by atoms with van der Waals surface area (Å²) in [7, 11) is 3.46. The van der Waals surface area contributed by atoms with Gasteiger partial charge in [0.15, 0.2) is 5.96 Å². The van der Waals surface area contributed by atoms with E-state index in [1.54, 1.807) is 32.0 Å². The van der Waals surface area contributed by atoms with Crippen LogP contribution in [0.1, 0.15) is 31.9 Å². The van der Waals surface area contributed by atoms with Gasteiger partial charge in [0.1, 0.15) is 5.82 Å². The minimum absolute atomic E-state index is 0. The number of thioether (sulfide) groups is 1. The van der Waals surface area contributed by atoms with Crippen LogP contribution in [0.4, 0.5) is 4.39 Å². The van der Waals surface area contributed by atoms with Crippen LogP contribution in [0.5, 0.6) is 0 Å². The third-order valence-corrected chi connectivity index (χ3v) is 4.44. The summed E-state index contributed by atoms with van der Waals surface area (Å²) in [5.74, 6) is 1.30. The summed E-state index contributed by atoms with van der Waals surface area (Å²) in [6.45, 7) is 7.70. The Bertz CT molecular complexity index is 550. The molecule has 25 heavy (non-hydrogen) atoms. The molecule has 0 aliphatic heterocycles. The lowest BCUT2D eigenvalue weighted by Gasteiger charge is -2.30. The van der Waals surface area contributed by atoms with Crippen LogP contribution in [0.3, 0.4) is 0 Å². The average molecular weight is 483 g/mol. The average Bonchev–Trinajstić information content (AvgIpc) is 2.51. The topological polar surface area (TPSA) is 45.7 Å². The molecule has 0 aliphatic rings. The summed E-state index contributed by atoms with van der Waals surface area (Å²) in [5, 5.41) is 6.58. The zero-order valence-electron chi connectivity index (χ0n) is 16.0. The van der Waals surface area contributed by atoms with Crippen LogP contribution in [-0.2, 0) is 17.0 Å². The number of guanidine groups is 1. The highest BCUT2D eigenvalue weighted by molar-refractivity contribution is 14.0. The van der Waals surface area contributed by atoms with E-state index in [9.17, 15) is 4.39 Å². The van der Waals surface area contributed by atoms with E-state index in [0.29, 0.717) is 19.0 Å². The normalized spacial score (nSPS) is 13.2. The number of nitrogens with zero attached hydrogens (tertiary/aromatic N) is 1. The lowest BCUT2D eigenvalue weighted by molar-refractivity contribution is 0.0205. The third kappa shape index (κ3) is 8.59. The Morgan fingerprint density at radius 1 is 1.28 bits per heavy atom. The van der Waals surface area contributed by atoms with E-state index in [2.05, 4.69) is 36.4 Å². The molecule has 4 nitrogen and oxygen atoms in total. The van der Waals surface area contributed by atoms with Crippen molar-refractivity contribution < 1.29 is 9.13 Å². The van der Waals surface area contributed by atoms with Crippen molar-refractivity contribution in [2.45, 2.75) is 39.2 Å². The molecule has 1 aromatic carbocycles. The Morgan fingerprint density at radius 2 is 1.96 bits per heavy atom. The molecule has 1 atom stereocenters. The quantitative estimate of drug-likeness (QED) is 0.349. The number of benzene rings is 1. The first-order valence-corrected chi connectivity index (χ1v) is 9.44. The summed E-state index contributed by atoms with van der Waals surface area (Å²) < 4.78 is 19.0. The lowest BCUT2D eigenvalue weighted by Crippen LogP contribution is -2.45. The fourth-order valence-corrected chi connectivity index (χ4v) is 2.97. The molecule has 0 amide bonds. The SMILES string of the molecule is CN=C(NCc1ccc(F)cc1CSC)NCC(OC)C(C)(C)C.I. The van der Waals surface area contributed by atoms with Crippen molar-refractivity contribution in [1.82, 2.24) is 10.6 Å². The smallest absolute Gasteiger partial charge is 0.191 e. The molecule has 1 unspecified atom stereocenters. The van der Waals surface area contributed by atoms with E-state index < -0.39 is 0 Å². The molecule has 2 N–H and O–H groups in total. The second kappa shape index (κ2) is 12.0. The van der Waals surface area contributed by atoms with Crippen LogP contribution >= 0.6 is 35.7 Å². The van der Waals surface area contributed by atoms with Crippen molar-refractivity contribution in [3.8, 4) is 0 Å². The van der Waals surface area contributed by atoms with E-state index in [-0.39, 0.29) is 41.3 Å². The first kappa shape index (κ1) is 24.5. The van der Waals surface area contributed by atoms with Crippen LogP contribution in [0.25, 0.3) is 0 Å². The molecule has 0 saturated carbocycles. The van der Waals surface area contributed by atoms with E-state index >= 15 is 0 Å². The highest BCUT2D eigenvalue weighted by Crippen LogP contribution is 2.21. The molecule has 0 aromatic heterocycles. The van der Waals surface area contributed by atoms with Crippen LogP contribution in [0.15, 0.2) is 23.2 Å². The fraction of sp³-hybridized carbons (Fsp3) is 0.611. The van der Waals surface area contributed by atoms with Gasteiger partial charge < -0.3 is 15.4 Å². The van der Waals surface area contributed by atoms with Gasteiger partial charge >= 0.3 is 0 Å². The summed E-state index contributed by atoms with van der Waals surface area (Å²) in [5.41, 5.74) is 2.13. The largest absolute Gasteiger partial charge is 0.379 e. The Balaban J connectivity index is 0.00000576. The number of ether oxygens (including phenoxy) is 1. The highest BCUT2D eigenvalue weighted by Gasteiger charge is 2.24. The van der Waals surface area contributed by atoms with Crippen LogP contribution in [0, 0.1) is 11.2 Å². The molecule has 1 rings (SSSR count). The lowest BCUT2D eigenvalue weighted by atomic mass is 9.89. The number of aliphatic imine (C=N–C) groups is 1. The standard InChI is InChI=1S/C18H30FN3OS.HI/c1-18(2,3)16(23-5)11-22-17(20-4)21-10-13-7-8-15(19)9-14(13)12-24-6;/h7-9,16H,10-12H2,1-6H3,(H2,20,21,22);1H. The summed E-state index contributed by atoms with van der Waals surface area (Å²) in [6, 6.07) is 4.93. The Hall–Kier alpha value is -0.540. The van der Waals surface area contributed by atoms with E-state index in [1.165, 1.54) is 6.07 Å². The minimum atomic E-state index is -0.196.